The molecular formula is C18H18N2O4S. The van der Waals surface area contributed by atoms with E-state index >= 15 is 0 Å². The number of carbonyl (C=O) groups is 1. The van der Waals surface area contributed by atoms with E-state index in [1.807, 2.05) is 6.07 Å². The molecule has 25 heavy (non-hydrogen) atoms. The molecule has 1 atom stereocenters. The van der Waals surface area contributed by atoms with E-state index in [1.165, 1.54) is 19.1 Å². The zero-order chi connectivity index (χ0) is 18.4. The number of nitriles is 1. The van der Waals surface area contributed by atoms with Crippen LogP contribution in [-0.2, 0) is 14.6 Å². The molecule has 1 unspecified atom stereocenters. The Morgan fingerprint density at radius 3 is 2.52 bits per heavy atom. The molecule has 0 aliphatic rings. The molecule has 0 saturated carbocycles. The van der Waals surface area contributed by atoms with Gasteiger partial charge in [-0.1, -0.05) is 31.2 Å². The molecule has 6 nitrogen and oxygen atoms in total. The summed E-state index contributed by atoms with van der Waals surface area (Å²) in [5.41, 5.74) is 0.523. The summed E-state index contributed by atoms with van der Waals surface area (Å²) in [6, 6.07) is 14.8. The van der Waals surface area contributed by atoms with Crippen molar-refractivity contribution in [2.24, 2.45) is 0 Å². The van der Waals surface area contributed by atoms with Gasteiger partial charge in [-0.05, 0) is 31.2 Å². The molecule has 130 valence electrons. The number of benzene rings is 2. The van der Waals surface area contributed by atoms with Gasteiger partial charge in [-0.25, -0.2) is 8.42 Å². The van der Waals surface area contributed by atoms with Crippen molar-refractivity contribution >= 4 is 21.4 Å². The van der Waals surface area contributed by atoms with Crippen LogP contribution in [0.15, 0.2) is 53.4 Å². The maximum absolute atomic E-state index is 12.4. The SMILES string of the molecule is CCS(=O)(=O)c1ccccc1NC(=O)C(C)Oc1ccccc1C#N. The molecule has 0 aliphatic heterocycles. The highest BCUT2D eigenvalue weighted by Crippen LogP contribution is 2.23. The molecule has 7 heteroatoms. The number of hydrogen-bond acceptors (Lipinski definition) is 5. The van der Waals surface area contributed by atoms with Crippen molar-refractivity contribution in [2.45, 2.75) is 24.8 Å². The number of amides is 1. The lowest BCUT2D eigenvalue weighted by Crippen LogP contribution is -2.31. The largest absolute Gasteiger partial charge is 0.480 e. The van der Waals surface area contributed by atoms with Gasteiger partial charge in [0.2, 0.25) is 0 Å². The standard InChI is InChI=1S/C18H18N2O4S/c1-3-25(22,23)17-11-7-5-9-15(17)20-18(21)13(2)24-16-10-6-4-8-14(16)12-19/h4-11,13H,3H2,1-2H3,(H,20,21). The van der Waals surface area contributed by atoms with Gasteiger partial charge >= 0.3 is 0 Å². The van der Waals surface area contributed by atoms with Crippen molar-refractivity contribution in [3.05, 3.63) is 54.1 Å². The first-order valence-electron chi connectivity index (χ1n) is 7.67. The third-order valence-electron chi connectivity index (χ3n) is 3.54. The van der Waals surface area contributed by atoms with Crippen LogP contribution in [0.1, 0.15) is 19.4 Å². The van der Waals surface area contributed by atoms with E-state index < -0.39 is 21.8 Å². The zero-order valence-corrected chi connectivity index (χ0v) is 14.7. The second-order valence-corrected chi connectivity index (χ2v) is 7.50. The van der Waals surface area contributed by atoms with Gasteiger partial charge in [0.15, 0.2) is 15.9 Å². The van der Waals surface area contributed by atoms with E-state index in [0.29, 0.717) is 11.3 Å². The quantitative estimate of drug-likeness (QED) is 0.856. The summed E-state index contributed by atoms with van der Waals surface area (Å²) >= 11 is 0. The van der Waals surface area contributed by atoms with Gasteiger partial charge in [-0.2, -0.15) is 5.26 Å². The van der Waals surface area contributed by atoms with Crippen LogP contribution in [0, 0.1) is 11.3 Å². The summed E-state index contributed by atoms with van der Waals surface area (Å²) in [7, 11) is -3.47. The minimum Gasteiger partial charge on any atom is -0.480 e. The van der Waals surface area contributed by atoms with Crippen LogP contribution in [-0.4, -0.2) is 26.2 Å². The summed E-state index contributed by atoms with van der Waals surface area (Å²) in [6.45, 7) is 3.07. The average molecular weight is 358 g/mol. The number of rotatable bonds is 6. The highest BCUT2D eigenvalue weighted by Gasteiger charge is 2.21. The first kappa shape index (κ1) is 18.5. The van der Waals surface area contributed by atoms with Crippen molar-refractivity contribution in [1.29, 1.82) is 5.26 Å². The smallest absolute Gasteiger partial charge is 0.265 e. The van der Waals surface area contributed by atoms with Crippen LogP contribution in [0.4, 0.5) is 5.69 Å². The minimum atomic E-state index is -3.47. The average Bonchev–Trinajstić information content (AvgIpc) is 2.62. The molecule has 2 aromatic rings. The molecule has 0 aromatic heterocycles. The van der Waals surface area contributed by atoms with E-state index in [9.17, 15) is 13.2 Å². The number of hydrogen-bond donors (Lipinski definition) is 1. The second-order valence-electron chi connectivity index (χ2n) is 5.26. The maximum Gasteiger partial charge on any atom is 0.265 e. The van der Waals surface area contributed by atoms with Crippen molar-refractivity contribution in [1.82, 2.24) is 0 Å². The third-order valence-corrected chi connectivity index (χ3v) is 5.33. The summed E-state index contributed by atoms with van der Waals surface area (Å²) in [5, 5.41) is 11.6. The Morgan fingerprint density at radius 1 is 1.20 bits per heavy atom. The highest BCUT2D eigenvalue weighted by molar-refractivity contribution is 7.91. The zero-order valence-electron chi connectivity index (χ0n) is 13.9. The fourth-order valence-corrected chi connectivity index (χ4v) is 3.19. The molecule has 0 saturated heterocycles. The normalized spacial score (nSPS) is 12.0. The van der Waals surface area contributed by atoms with Crippen LogP contribution in [0.3, 0.4) is 0 Å². The molecule has 0 radical (unpaired) electrons. The van der Waals surface area contributed by atoms with Crippen molar-refractivity contribution < 1.29 is 17.9 Å². The summed E-state index contributed by atoms with van der Waals surface area (Å²) in [6.07, 6.45) is -0.910. The Labute approximate surface area is 147 Å². The van der Waals surface area contributed by atoms with Gasteiger partial charge in [0.05, 0.1) is 21.9 Å². The maximum atomic E-state index is 12.4. The number of nitrogens with one attached hydrogen (secondary N) is 1. The van der Waals surface area contributed by atoms with Crippen LogP contribution in [0.25, 0.3) is 0 Å². The van der Waals surface area contributed by atoms with E-state index in [0.717, 1.165) is 0 Å². The van der Waals surface area contributed by atoms with E-state index in [1.54, 1.807) is 43.3 Å². The number of sulfone groups is 1. The van der Waals surface area contributed by atoms with Gasteiger partial charge in [0, 0.05) is 0 Å². The van der Waals surface area contributed by atoms with E-state index in [2.05, 4.69) is 5.32 Å². The van der Waals surface area contributed by atoms with Gasteiger partial charge in [-0.15, -0.1) is 0 Å². The van der Waals surface area contributed by atoms with Gasteiger partial charge in [-0.3, -0.25) is 4.79 Å². The van der Waals surface area contributed by atoms with Crippen LogP contribution < -0.4 is 10.1 Å². The summed E-state index contributed by atoms with van der Waals surface area (Å²) < 4.78 is 29.8. The molecule has 0 spiro atoms. The number of anilines is 1. The van der Waals surface area contributed by atoms with Crippen LogP contribution in [0.5, 0.6) is 5.75 Å². The number of nitrogens with zero attached hydrogens (tertiary/aromatic N) is 1. The summed E-state index contributed by atoms with van der Waals surface area (Å²) in [5.74, 6) is -0.282. The Bertz CT molecular complexity index is 917. The lowest BCUT2D eigenvalue weighted by atomic mass is 10.2. The number of para-hydroxylation sites is 2. The first-order chi connectivity index (χ1) is 11.9. The van der Waals surface area contributed by atoms with Gasteiger partial charge in [0.25, 0.3) is 5.91 Å². The first-order valence-corrected chi connectivity index (χ1v) is 9.32. The fraction of sp³-hybridized carbons (Fsp3) is 0.222. The number of carbonyl (C=O) groups excluding carboxylic acids is 1. The highest BCUT2D eigenvalue weighted by atomic mass is 32.2. The Balaban J connectivity index is 2.19. The monoisotopic (exact) mass is 358 g/mol. The van der Waals surface area contributed by atoms with Gasteiger partial charge in [0.1, 0.15) is 11.8 Å². The Kier molecular flexibility index (Phi) is 5.78. The molecule has 0 heterocycles. The number of ether oxygens (including phenoxy) is 1. The van der Waals surface area contributed by atoms with E-state index in [-0.39, 0.29) is 16.3 Å². The second kappa shape index (κ2) is 7.81. The van der Waals surface area contributed by atoms with Crippen molar-refractivity contribution in [2.75, 3.05) is 11.1 Å². The van der Waals surface area contributed by atoms with Crippen molar-refractivity contribution in [3.63, 3.8) is 0 Å². The van der Waals surface area contributed by atoms with Crippen molar-refractivity contribution in [3.8, 4) is 11.8 Å². The molecule has 0 bridgehead atoms. The lowest BCUT2D eigenvalue weighted by molar-refractivity contribution is -0.122. The Hall–Kier alpha value is -2.85. The summed E-state index contributed by atoms with van der Waals surface area (Å²) in [4.78, 5) is 12.4. The Morgan fingerprint density at radius 2 is 1.84 bits per heavy atom. The van der Waals surface area contributed by atoms with Crippen LogP contribution >= 0.6 is 0 Å². The molecule has 1 amide bonds. The predicted molar refractivity (Wildman–Crippen MR) is 94.0 cm³/mol. The molecule has 1 N–H and O–H groups in total. The molecule has 2 rings (SSSR count). The van der Waals surface area contributed by atoms with Crippen LogP contribution in [0.2, 0.25) is 0 Å². The predicted octanol–water partition coefficient (Wildman–Crippen LogP) is 2.76. The minimum absolute atomic E-state index is 0.0653. The molecule has 2 aromatic carbocycles. The lowest BCUT2D eigenvalue weighted by Gasteiger charge is -2.17. The molecule has 0 fully saturated rings. The topological polar surface area (TPSA) is 96.3 Å². The molecular weight excluding hydrogens is 340 g/mol. The third kappa shape index (κ3) is 4.37. The fourth-order valence-electron chi connectivity index (χ4n) is 2.14. The van der Waals surface area contributed by atoms with Gasteiger partial charge < -0.3 is 10.1 Å². The van der Waals surface area contributed by atoms with E-state index in [4.69, 9.17) is 10.00 Å². The molecule has 0 aliphatic carbocycles.